The highest BCUT2D eigenvalue weighted by Crippen LogP contribution is 2.31. The van der Waals surface area contributed by atoms with Gasteiger partial charge in [0.05, 0.1) is 17.4 Å². The van der Waals surface area contributed by atoms with Crippen molar-refractivity contribution in [3.05, 3.63) is 35.4 Å². The molecule has 1 aromatic carbocycles. The third kappa shape index (κ3) is 4.19. The molecular weight excluding hydrogens is 283 g/mol. The van der Waals surface area contributed by atoms with Crippen molar-refractivity contribution < 1.29 is 26.7 Å². The fourth-order valence-electron chi connectivity index (χ4n) is 1.37. The number of benzene rings is 1. The summed E-state index contributed by atoms with van der Waals surface area (Å²) in [6.07, 6.45) is -4.54. The molecule has 0 aliphatic rings. The molecule has 1 rings (SSSR count). The molecule has 1 unspecified atom stereocenters. The highest BCUT2D eigenvalue weighted by molar-refractivity contribution is 7.90. The zero-order valence-electron chi connectivity index (χ0n) is 10.1. The molecule has 4 nitrogen and oxygen atoms in total. The first-order valence-corrected chi connectivity index (χ1v) is 6.97. The Bertz CT molecular complexity index is 528. The minimum atomic E-state index is -4.54. The van der Waals surface area contributed by atoms with Crippen molar-refractivity contribution >= 4 is 10.0 Å². The van der Waals surface area contributed by atoms with E-state index in [-0.39, 0.29) is 5.56 Å². The van der Waals surface area contributed by atoms with Gasteiger partial charge >= 0.3 is 6.18 Å². The molecule has 0 bridgehead atoms. The highest BCUT2D eigenvalue weighted by atomic mass is 32.2. The number of halogens is 3. The Morgan fingerprint density at radius 1 is 1.32 bits per heavy atom. The second-order valence-corrected chi connectivity index (χ2v) is 6.20. The van der Waals surface area contributed by atoms with Crippen molar-refractivity contribution in [2.75, 3.05) is 6.61 Å². The van der Waals surface area contributed by atoms with Gasteiger partial charge in [-0.15, -0.1) is 0 Å². The van der Waals surface area contributed by atoms with Gasteiger partial charge in [-0.2, -0.15) is 13.2 Å². The van der Waals surface area contributed by atoms with E-state index in [1.54, 1.807) is 0 Å². The van der Waals surface area contributed by atoms with Gasteiger partial charge in [-0.3, -0.25) is 0 Å². The van der Waals surface area contributed by atoms with Crippen LogP contribution in [0.15, 0.2) is 24.3 Å². The van der Waals surface area contributed by atoms with E-state index in [0.717, 1.165) is 6.07 Å². The maximum Gasteiger partial charge on any atom is 0.416 e. The fourth-order valence-corrected chi connectivity index (χ4v) is 2.21. The molecule has 0 radical (unpaired) electrons. The lowest BCUT2D eigenvalue weighted by Crippen LogP contribution is -2.34. The number of nitrogens with one attached hydrogen (secondary N) is 1. The molecule has 0 aliphatic carbocycles. The quantitative estimate of drug-likeness (QED) is 0.865. The first-order chi connectivity index (χ1) is 8.68. The molecule has 0 saturated heterocycles. The van der Waals surface area contributed by atoms with E-state index < -0.39 is 40.2 Å². The van der Waals surface area contributed by atoms with Gasteiger partial charge in [-0.25, -0.2) is 13.1 Å². The van der Waals surface area contributed by atoms with Crippen LogP contribution in [0.4, 0.5) is 13.2 Å². The van der Waals surface area contributed by atoms with Gasteiger partial charge < -0.3 is 5.11 Å². The summed E-state index contributed by atoms with van der Waals surface area (Å²) in [7, 11) is -3.84. The average Bonchev–Trinajstić information content (AvgIpc) is 2.34. The molecule has 0 spiro atoms. The number of aliphatic hydroxyl groups excluding tert-OH is 1. The molecule has 2 N–H and O–H groups in total. The smallest absolute Gasteiger partial charge is 0.395 e. The topological polar surface area (TPSA) is 66.4 Å². The Kier molecular flexibility index (Phi) is 4.94. The molecule has 19 heavy (non-hydrogen) atoms. The van der Waals surface area contributed by atoms with Gasteiger partial charge in [-0.05, 0) is 18.6 Å². The Morgan fingerprint density at radius 2 is 1.89 bits per heavy atom. The van der Waals surface area contributed by atoms with Gasteiger partial charge in [-0.1, -0.05) is 18.2 Å². The first-order valence-electron chi connectivity index (χ1n) is 5.43. The molecule has 0 fully saturated rings. The molecule has 108 valence electrons. The van der Waals surface area contributed by atoms with Crippen LogP contribution in [-0.2, 0) is 22.7 Å². The van der Waals surface area contributed by atoms with Gasteiger partial charge in [0, 0.05) is 6.54 Å². The SMILES string of the molecule is CC(CO)S(=O)(=O)NCc1ccccc1C(F)(F)F. The fraction of sp³-hybridized carbons (Fsp3) is 0.455. The van der Waals surface area contributed by atoms with Gasteiger partial charge in [0.1, 0.15) is 0 Å². The summed E-state index contributed by atoms with van der Waals surface area (Å²) in [5, 5.41) is 7.67. The van der Waals surface area contributed by atoms with Crippen LogP contribution in [0.1, 0.15) is 18.1 Å². The average molecular weight is 297 g/mol. The van der Waals surface area contributed by atoms with E-state index in [2.05, 4.69) is 4.72 Å². The second-order valence-electron chi connectivity index (χ2n) is 4.01. The summed E-state index contributed by atoms with van der Waals surface area (Å²) in [6.45, 7) is 0.191. The van der Waals surface area contributed by atoms with E-state index >= 15 is 0 Å². The summed E-state index contributed by atoms with van der Waals surface area (Å²) >= 11 is 0. The number of rotatable bonds is 5. The predicted molar refractivity (Wildman–Crippen MR) is 63.8 cm³/mol. The lowest BCUT2D eigenvalue weighted by Gasteiger charge is -2.15. The second kappa shape index (κ2) is 5.89. The van der Waals surface area contributed by atoms with E-state index in [0.29, 0.717) is 0 Å². The maximum atomic E-state index is 12.7. The van der Waals surface area contributed by atoms with Crippen molar-refractivity contribution in [2.24, 2.45) is 0 Å². The maximum absolute atomic E-state index is 12.7. The molecule has 1 aromatic rings. The molecule has 0 amide bonds. The van der Waals surface area contributed by atoms with Gasteiger partial charge in [0.15, 0.2) is 0 Å². The molecule has 0 aliphatic heterocycles. The van der Waals surface area contributed by atoms with E-state index in [1.165, 1.54) is 25.1 Å². The van der Waals surface area contributed by atoms with Crippen molar-refractivity contribution in [3.8, 4) is 0 Å². The number of hydrogen-bond donors (Lipinski definition) is 2. The van der Waals surface area contributed by atoms with Crippen LogP contribution in [0.5, 0.6) is 0 Å². The van der Waals surface area contributed by atoms with Crippen LogP contribution < -0.4 is 4.72 Å². The largest absolute Gasteiger partial charge is 0.416 e. The first kappa shape index (κ1) is 15.9. The number of sulfonamides is 1. The number of aliphatic hydroxyl groups is 1. The predicted octanol–water partition coefficient (Wildman–Crippen LogP) is 1.51. The summed E-state index contributed by atoms with van der Waals surface area (Å²) in [5.74, 6) is 0. The molecule has 0 heterocycles. The van der Waals surface area contributed by atoms with Gasteiger partial charge in [0.25, 0.3) is 0 Å². The summed E-state index contributed by atoms with van der Waals surface area (Å²) in [4.78, 5) is 0. The molecular formula is C11H14F3NO3S. The summed E-state index contributed by atoms with van der Waals surface area (Å²) < 4.78 is 63.2. The Morgan fingerprint density at radius 3 is 2.42 bits per heavy atom. The molecule has 0 aromatic heterocycles. The van der Waals surface area contributed by atoms with Crippen molar-refractivity contribution in [1.82, 2.24) is 4.72 Å². The summed E-state index contributed by atoms with van der Waals surface area (Å²) in [6, 6.07) is 4.72. The molecule has 1 atom stereocenters. The van der Waals surface area contributed by atoms with Crippen molar-refractivity contribution in [3.63, 3.8) is 0 Å². The van der Waals surface area contributed by atoms with Crippen molar-refractivity contribution in [1.29, 1.82) is 0 Å². The molecule has 8 heteroatoms. The zero-order chi connectivity index (χ0) is 14.7. The Hall–Kier alpha value is -1.12. The van der Waals surface area contributed by atoms with Crippen LogP contribution in [0.25, 0.3) is 0 Å². The Labute approximate surface area is 109 Å². The van der Waals surface area contributed by atoms with Crippen LogP contribution in [0.3, 0.4) is 0 Å². The zero-order valence-corrected chi connectivity index (χ0v) is 10.9. The lowest BCUT2D eigenvalue weighted by atomic mass is 10.1. The third-order valence-electron chi connectivity index (χ3n) is 2.57. The minimum absolute atomic E-state index is 0.163. The summed E-state index contributed by atoms with van der Waals surface area (Å²) in [5.41, 5.74) is -1.04. The number of alkyl halides is 3. The highest BCUT2D eigenvalue weighted by Gasteiger charge is 2.33. The monoisotopic (exact) mass is 297 g/mol. The van der Waals surface area contributed by atoms with E-state index in [1.807, 2.05) is 0 Å². The van der Waals surface area contributed by atoms with Crippen LogP contribution >= 0.6 is 0 Å². The van der Waals surface area contributed by atoms with E-state index in [9.17, 15) is 21.6 Å². The number of hydrogen-bond acceptors (Lipinski definition) is 3. The molecule has 0 saturated carbocycles. The van der Waals surface area contributed by atoms with E-state index in [4.69, 9.17) is 5.11 Å². The van der Waals surface area contributed by atoms with Crippen LogP contribution in [0, 0.1) is 0 Å². The lowest BCUT2D eigenvalue weighted by molar-refractivity contribution is -0.138. The normalized spacial score (nSPS) is 14.4. The van der Waals surface area contributed by atoms with Crippen molar-refractivity contribution in [2.45, 2.75) is 24.9 Å². The van der Waals surface area contributed by atoms with Crippen LogP contribution in [-0.4, -0.2) is 25.4 Å². The Balaban J connectivity index is 2.91. The van der Waals surface area contributed by atoms with Crippen LogP contribution in [0.2, 0.25) is 0 Å². The van der Waals surface area contributed by atoms with Gasteiger partial charge in [0.2, 0.25) is 10.0 Å². The standard InChI is InChI=1S/C11H14F3NO3S/c1-8(7-16)19(17,18)15-6-9-4-2-3-5-10(9)11(12,13)14/h2-5,8,15-16H,6-7H2,1H3. The minimum Gasteiger partial charge on any atom is -0.395 e. The third-order valence-corrected chi connectivity index (χ3v) is 4.33.